The number of rotatable bonds is 5. The Hall–Kier alpha value is -2.13. The largest absolute Gasteiger partial charge is 0.418 e. The number of ether oxygens (including phenoxy) is 1. The summed E-state index contributed by atoms with van der Waals surface area (Å²) in [5.41, 5.74) is 3.47. The van der Waals surface area contributed by atoms with E-state index in [-0.39, 0.29) is 18.0 Å². The van der Waals surface area contributed by atoms with Gasteiger partial charge in [-0.15, -0.1) is 11.3 Å². The minimum absolute atomic E-state index is 0.106. The second-order valence-corrected chi connectivity index (χ2v) is 5.12. The first-order valence-electron chi connectivity index (χ1n) is 6.07. The fourth-order valence-electron chi connectivity index (χ4n) is 1.63. The number of carbonyl (C=O) groups is 1. The van der Waals surface area contributed by atoms with E-state index in [2.05, 4.69) is 15.8 Å². The number of aromatic nitrogens is 1. The number of carbonyl (C=O) groups excluding carboxylic acids is 1. The van der Waals surface area contributed by atoms with Crippen molar-refractivity contribution in [3.8, 4) is 0 Å². The van der Waals surface area contributed by atoms with E-state index in [0.717, 1.165) is 6.07 Å². The van der Waals surface area contributed by atoms with Gasteiger partial charge in [0.15, 0.2) is 0 Å². The molecule has 0 saturated heterocycles. The Morgan fingerprint density at radius 3 is 2.77 bits per heavy atom. The predicted octanol–water partition coefficient (Wildman–Crippen LogP) is 3.07. The zero-order valence-corrected chi connectivity index (χ0v) is 12.2. The van der Waals surface area contributed by atoms with Crippen molar-refractivity contribution >= 4 is 22.9 Å². The first-order valence-corrected chi connectivity index (χ1v) is 6.95. The van der Waals surface area contributed by atoms with Crippen molar-refractivity contribution in [2.24, 2.45) is 0 Å². The molecule has 1 aromatic heterocycles. The zero-order valence-electron chi connectivity index (χ0n) is 11.4. The minimum atomic E-state index is -4.51. The molecule has 118 valence electrons. The molecule has 2 aromatic rings. The summed E-state index contributed by atoms with van der Waals surface area (Å²) < 4.78 is 43.3. The first kappa shape index (κ1) is 16.2. The Morgan fingerprint density at radius 2 is 2.09 bits per heavy atom. The number of alkyl halides is 3. The van der Waals surface area contributed by atoms with E-state index < -0.39 is 17.6 Å². The van der Waals surface area contributed by atoms with E-state index in [9.17, 15) is 18.0 Å². The van der Waals surface area contributed by atoms with Crippen LogP contribution in [-0.4, -0.2) is 18.0 Å². The number of hydrazine groups is 1. The molecule has 0 aliphatic rings. The summed E-state index contributed by atoms with van der Waals surface area (Å²) in [5.74, 6) is -0.629. The van der Waals surface area contributed by atoms with E-state index >= 15 is 0 Å². The molecule has 0 atom stereocenters. The highest BCUT2D eigenvalue weighted by Gasteiger charge is 2.33. The molecule has 0 fully saturated rings. The van der Waals surface area contributed by atoms with Crippen LogP contribution in [0.4, 0.5) is 18.9 Å². The van der Waals surface area contributed by atoms with E-state index in [1.165, 1.54) is 42.0 Å². The number of methoxy groups -OCH3 is 1. The zero-order chi connectivity index (χ0) is 16.2. The number of hydrogen-bond acceptors (Lipinski definition) is 5. The number of benzene rings is 1. The predicted molar refractivity (Wildman–Crippen MR) is 75.4 cm³/mol. The minimum Gasteiger partial charge on any atom is -0.378 e. The molecular weight excluding hydrogens is 319 g/mol. The molecule has 1 aromatic carbocycles. The van der Waals surface area contributed by atoms with E-state index in [1.54, 1.807) is 0 Å². The van der Waals surface area contributed by atoms with Crippen LogP contribution in [-0.2, 0) is 17.5 Å². The van der Waals surface area contributed by atoms with Crippen LogP contribution >= 0.6 is 11.3 Å². The van der Waals surface area contributed by atoms with Crippen LogP contribution in [0, 0.1) is 0 Å². The van der Waals surface area contributed by atoms with Gasteiger partial charge in [0.05, 0.1) is 17.9 Å². The molecule has 0 aliphatic heterocycles. The monoisotopic (exact) mass is 331 g/mol. The maximum absolute atomic E-state index is 12.8. The molecule has 0 saturated carbocycles. The van der Waals surface area contributed by atoms with Crippen molar-refractivity contribution in [3.05, 3.63) is 45.9 Å². The number of anilines is 1. The molecule has 2 N–H and O–H groups in total. The average Bonchev–Trinajstić information content (AvgIpc) is 2.93. The van der Waals surface area contributed by atoms with Gasteiger partial charge in [0.2, 0.25) is 0 Å². The third-order valence-electron chi connectivity index (χ3n) is 2.60. The van der Waals surface area contributed by atoms with Crippen molar-refractivity contribution in [3.63, 3.8) is 0 Å². The molecule has 2 rings (SSSR count). The third kappa shape index (κ3) is 3.95. The molecule has 0 radical (unpaired) electrons. The van der Waals surface area contributed by atoms with Crippen molar-refractivity contribution in [2.75, 3.05) is 12.5 Å². The number of amides is 1. The highest BCUT2D eigenvalue weighted by atomic mass is 32.1. The molecule has 5 nitrogen and oxygen atoms in total. The molecule has 22 heavy (non-hydrogen) atoms. The van der Waals surface area contributed by atoms with Gasteiger partial charge in [0, 0.05) is 12.5 Å². The SMILES string of the molecule is COCc1nc(C(=O)NNc2ccccc2C(F)(F)F)cs1. The van der Waals surface area contributed by atoms with Gasteiger partial charge in [-0.3, -0.25) is 15.6 Å². The maximum Gasteiger partial charge on any atom is 0.418 e. The summed E-state index contributed by atoms with van der Waals surface area (Å²) in [4.78, 5) is 15.8. The topological polar surface area (TPSA) is 63.2 Å². The van der Waals surface area contributed by atoms with Crippen molar-refractivity contribution in [1.82, 2.24) is 10.4 Å². The Balaban J connectivity index is 2.05. The lowest BCUT2D eigenvalue weighted by atomic mass is 10.2. The van der Waals surface area contributed by atoms with Crippen LogP contribution in [0.2, 0.25) is 0 Å². The number of thiazole rings is 1. The smallest absolute Gasteiger partial charge is 0.378 e. The highest BCUT2D eigenvalue weighted by molar-refractivity contribution is 7.09. The van der Waals surface area contributed by atoms with E-state index in [4.69, 9.17) is 4.74 Å². The first-order chi connectivity index (χ1) is 10.4. The fourth-order valence-corrected chi connectivity index (χ4v) is 2.38. The Labute approximate surface area is 128 Å². The number of nitrogens with zero attached hydrogens (tertiary/aromatic N) is 1. The number of hydrogen-bond donors (Lipinski definition) is 2. The summed E-state index contributed by atoms with van der Waals surface area (Å²) >= 11 is 1.23. The van der Waals surface area contributed by atoms with Crippen LogP contribution in [0.1, 0.15) is 21.1 Å². The van der Waals surface area contributed by atoms with Gasteiger partial charge in [0.1, 0.15) is 10.7 Å². The van der Waals surface area contributed by atoms with Crippen molar-refractivity contribution < 1.29 is 22.7 Å². The Bertz CT molecular complexity index is 658. The molecule has 9 heteroatoms. The van der Waals surface area contributed by atoms with Crippen molar-refractivity contribution in [2.45, 2.75) is 12.8 Å². The van der Waals surface area contributed by atoms with Crippen LogP contribution in [0.3, 0.4) is 0 Å². The summed E-state index contributed by atoms with van der Waals surface area (Å²) in [6, 6.07) is 4.85. The standard InChI is InChI=1S/C13H12F3N3O2S/c1-21-6-11-17-10(7-22-11)12(20)19-18-9-5-3-2-4-8(9)13(14,15)16/h2-5,7,18H,6H2,1H3,(H,19,20). The Morgan fingerprint density at radius 1 is 1.36 bits per heavy atom. The fraction of sp³-hybridized carbons (Fsp3) is 0.231. The quantitative estimate of drug-likeness (QED) is 0.827. The molecule has 0 bridgehead atoms. The summed E-state index contributed by atoms with van der Waals surface area (Å²) in [6.45, 7) is 0.266. The average molecular weight is 331 g/mol. The normalized spacial score (nSPS) is 11.3. The summed E-state index contributed by atoms with van der Waals surface area (Å²) in [5, 5.41) is 2.10. The van der Waals surface area contributed by atoms with E-state index in [1.807, 2.05) is 0 Å². The molecule has 0 unspecified atom stereocenters. The van der Waals surface area contributed by atoms with Crippen LogP contribution < -0.4 is 10.9 Å². The summed E-state index contributed by atoms with van der Waals surface area (Å²) in [7, 11) is 1.50. The second-order valence-electron chi connectivity index (χ2n) is 4.18. The molecular formula is C13H12F3N3O2S. The van der Waals surface area contributed by atoms with Gasteiger partial charge in [0.25, 0.3) is 5.91 Å². The molecule has 0 aliphatic carbocycles. The summed E-state index contributed by atoms with van der Waals surface area (Å²) in [6.07, 6.45) is -4.51. The van der Waals surface area contributed by atoms with Crippen molar-refractivity contribution in [1.29, 1.82) is 0 Å². The number of halogens is 3. The lowest BCUT2D eigenvalue weighted by Gasteiger charge is -2.14. The lowest BCUT2D eigenvalue weighted by Crippen LogP contribution is -2.30. The van der Waals surface area contributed by atoms with E-state index in [0.29, 0.717) is 5.01 Å². The number of nitrogens with one attached hydrogen (secondary N) is 2. The maximum atomic E-state index is 12.8. The van der Waals surface area contributed by atoms with Gasteiger partial charge in [-0.2, -0.15) is 13.2 Å². The Kier molecular flexibility index (Phi) is 4.99. The van der Waals surface area contributed by atoms with Crippen LogP contribution in [0.15, 0.2) is 29.6 Å². The number of para-hydroxylation sites is 1. The third-order valence-corrected chi connectivity index (χ3v) is 3.42. The van der Waals surface area contributed by atoms with Gasteiger partial charge in [-0.1, -0.05) is 12.1 Å². The molecule has 1 heterocycles. The van der Waals surface area contributed by atoms with Gasteiger partial charge < -0.3 is 4.74 Å². The molecule has 0 spiro atoms. The van der Waals surface area contributed by atoms with Crippen LogP contribution in [0.25, 0.3) is 0 Å². The highest BCUT2D eigenvalue weighted by Crippen LogP contribution is 2.34. The van der Waals surface area contributed by atoms with Gasteiger partial charge in [-0.25, -0.2) is 4.98 Å². The van der Waals surface area contributed by atoms with Gasteiger partial charge in [-0.05, 0) is 12.1 Å². The second kappa shape index (κ2) is 6.75. The van der Waals surface area contributed by atoms with Crippen LogP contribution in [0.5, 0.6) is 0 Å². The lowest BCUT2D eigenvalue weighted by molar-refractivity contribution is -0.137. The van der Waals surface area contributed by atoms with Gasteiger partial charge >= 0.3 is 6.18 Å². The molecule has 1 amide bonds.